The van der Waals surface area contributed by atoms with Crippen LogP contribution in [0, 0.1) is 13.8 Å². The molecule has 0 radical (unpaired) electrons. The van der Waals surface area contributed by atoms with Crippen LogP contribution >= 0.6 is 0 Å². The molecule has 0 bridgehead atoms. The molecule has 2 aromatic carbocycles. The third-order valence-electron chi connectivity index (χ3n) is 4.05. The Bertz CT molecular complexity index is 922. The summed E-state index contributed by atoms with van der Waals surface area (Å²) in [6.45, 7) is 4.51. The molecule has 1 aromatic heterocycles. The molecule has 0 atom stereocenters. The molecule has 0 spiro atoms. The summed E-state index contributed by atoms with van der Waals surface area (Å²) in [5, 5.41) is 1.03. The van der Waals surface area contributed by atoms with Crippen LogP contribution in [0.2, 0.25) is 0 Å². The van der Waals surface area contributed by atoms with Crippen LogP contribution in [0.1, 0.15) is 16.7 Å². The van der Waals surface area contributed by atoms with Crippen molar-refractivity contribution in [1.82, 2.24) is 4.98 Å². The van der Waals surface area contributed by atoms with E-state index >= 15 is 0 Å². The summed E-state index contributed by atoms with van der Waals surface area (Å²) in [7, 11) is 0. The number of carbonyl (C=O) groups excluding carboxylic acids is 1. The van der Waals surface area contributed by atoms with Crippen molar-refractivity contribution in [2.24, 2.45) is 0 Å². The van der Waals surface area contributed by atoms with E-state index in [4.69, 9.17) is 9.47 Å². The molecular formula is C22H21NO3. The smallest absolute Gasteiger partial charge is 0.330 e. The first-order valence-corrected chi connectivity index (χ1v) is 8.53. The fourth-order valence-corrected chi connectivity index (χ4v) is 2.78. The van der Waals surface area contributed by atoms with Crippen molar-refractivity contribution in [3.63, 3.8) is 0 Å². The van der Waals surface area contributed by atoms with Gasteiger partial charge in [0, 0.05) is 23.2 Å². The Morgan fingerprint density at radius 3 is 2.54 bits per heavy atom. The van der Waals surface area contributed by atoms with Crippen LogP contribution in [0.15, 0.2) is 60.8 Å². The molecule has 4 nitrogen and oxygen atoms in total. The number of nitrogens with zero attached hydrogens (tertiary/aromatic N) is 1. The zero-order valence-electron chi connectivity index (χ0n) is 14.9. The van der Waals surface area contributed by atoms with E-state index in [2.05, 4.69) is 4.98 Å². The Labute approximate surface area is 153 Å². The van der Waals surface area contributed by atoms with Gasteiger partial charge in [-0.2, -0.15) is 0 Å². The van der Waals surface area contributed by atoms with Gasteiger partial charge in [0.1, 0.15) is 19.0 Å². The maximum atomic E-state index is 11.9. The van der Waals surface area contributed by atoms with Crippen LogP contribution in [-0.4, -0.2) is 24.2 Å². The summed E-state index contributed by atoms with van der Waals surface area (Å²) >= 11 is 0. The van der Waals surface area contributed by atoms with Crippen LogP contribution in [0.5, 0.6) is 5.75 Å². The van der Waals surface area contributed by atoms with Gasteiger partial charge in [-0.15, -0.1) is 0 Å². The Kier molecular flexibility index (Phi) is 5.64. The zero-order valence-corrected chi connectivity index (χ0v) is 14.9. The summed E-state index contributed by atoms with van der Waals surface area (Å²) in [6, 6.07) is 15.7. The number of ether oxygens (including phenoxy) is 2. The predicted octanol–water partition coefficient (Wildman–Crippen LogP) is 4.49. The van der Waals surface area contributed by atoms with Gasteiger partial charge in [-0.05, 0) is 37.1 Å². The zero-order chi connectivity index (χ0) is 18.4. The van der Waals surface area contributed by atoms with Crippen LogP contribution in [-0.2, 0) is 9.53 Å². The normalized spacial score (nSPS) is 11.0. The highest BCUT2D eigenvalue weighted by Crippen LogP contribution is 2.22. The number of pyridine rings is 1. The molecule has 0 saturated heterocycles. The van der Waals surface area contributed by atoms with Crippen LogP contribution < -0.4 is 4.74 Å². The molecular weight excluding hydrogens is 326 g/mol. The average molecular weight is 347 g/mol. The molecule has 3 aromatic rings. The molecule has 0 N–H and O–H groups in total. The maximum Gasteiger partial charge on any atom is 0.330 e. The third kappa shape index (κ3) is 4.28. The van der Waals surface area contributed by atoms with E-state index in [1.165, 1.54) is 6.08 Å². The molecule has 0 unspecified atom stereocenters. The van der Waals surface area contributed by atoms with E-state index in [-0.39, 0.29) is 6.61 Å². The second-order valence-corrected chi connectivity index (χ2v) is 5.99. The number of aryl methyl sites for hydroxylation is 2. The lowest BCUT2D eigenvalue weighted by molar-refractivity contribution is -0.138. The standard InChI is InChI=1S/C22H21NO3/c1-16-6-3-7-17(2)22(16)26-15-14-25-20(24)12-11-19-9-4-8-18-10-5-13-23-21(18)19/h3-13H,14-15H2,1-2H3/b12-11+. The lowest BCUT2D eigenvalue weighted by Gasteiger charge is -2.11. The maximum absolute atomic E-state index is 11.9. The fourth-order valence-electron chi connectivity index (χ4n) is 2.78. The number of esters is 1. The van der Waals surface area contributed by atoms with Gasteiger partial charge in [0.05, 0.1) is 5.52 Å². The topological polar surface area (TPSA) is 48.4 Å². The lowest BCUT2D eigenvalue weighted by atomic mass is 10.1. The number of fused-ring (bicyclic) bond motifs is 1. The number of aromatic nitrogens is 1. The minimum Gasteiger partial charge on any atom is -0.489 e. The Morgan fingerprint density at radius 1 is 1.00 bits per heavy atom. The van der Waals surface area contributed by atoms with E-state index in [0.29, 0.717) is 6.61 Å². The van der Waals surface area contributed by atoms with Gasteiger partial charge < -0.3 is 9.47 Å². The van der Waals surface area contributed by atoms with Gasteiger partial charge >= 0.3 is 5.97 Å². The monoisotopic (exact) mass is 347 g/mol. The summed E-state index contributed by atoms with van der Waals surface area (Å²) in [5.74, 6) is 0.448. The number of hydrogen-bond donors (Lipinski definition) is 0. The second-order valence-electron chi connectivity index (χ2n) is 5.99. The van der Waals surface area contributed by atoms with Crippen LogP contribution in [0.25, 0.3) is 17.0 Å². The summed E-state index contributed by atoms with van der Waals surface area (Å²) in [5.41, 5.74) is 3.88. The molecule has 0 saturated carbocycles. The second kappa shape index (κ2) is 8.30. The van der Waals surface area contributed by atoms with Gasteiger partial charge in [-0.25, -0.2) is 4.79 Å². The molecule has 26 heavy (non-hydrogen) atoms. The molecule has 132 valence electrons. The van der Waals surface area contributed by atoms with Crippen molar-refractivity contribution < 1.29 is 14.3 Å². The molecule has 0 fully saturated rings. The summed E-state index contributed by atoms with van der Waals surface area (Å²) < 4.78 is 10.9. The van der Waals surface area contributed by atoms with Gasteiger partial charge in [0.15, 0.2) is 0 Å². The third-order valence-corrected chi connectivity index (χ3v) is 4.05. The minimum atomic E-state index is -0.400. The quantitative estimate of drug-likeness (QED) is 0.374. The number of rotatable bonds is 6. The number of para-hydroxylation sites is 2. The van der Waals surface area contributed by atoms with E-state index in [1.807, 2.05) is 62.4 Å². The largest absolute Gasteiger partial charge is 0.489 e. The van der Waals surface area contributed by atoms with Crippen molar-refractivity contribution in [1.29, 1.82) is 0 Å². The highest BCUT2D eigenvalue weighted by molar-refractivity contribution is 5.92. The van der Waals surface area contributed by atoms with E-state index in [1.54, 1.807) is 12.3 Å². The average Bonchev–Trinajstić information content (AvgIpc) is 2.65. The Balaban J connectivity index is 1.53. The number of benzene rings is 2. The van der Waals surface area contributed by atoms with Crippen molar-refractivity contribution >= 4 is 22.9 Å². The summed E-state index contributed by atoms with van der Waals surface area (Å²) in [4.78, 5) is 16.3. The Morgan fingerprint density at radius 2 is 1.73 bits per heavy atom. The molecule has 4 heteroatoms. The van der Waals surface area contributed by atoms with Crippen molar-refractivity contribution in [3.8, 4) is 5.75 Å². The molecule has 0 aliphatic carbocycles. The van der Waals surface area contributed by atoms with Crippen molar-refractivity contribution in [2.75, 3.05) is 13.2 Å². The Hall–Kier alpha value is -3.14. The molecule has 0 aliphatic rings. The highest BCUT2D eigenvalue weighted by Gasteiger charge is 2.04. The van der Waals surface area contributed by atoms with Crippen molar-refractivity contribution in [3.05, 3.63) is 77.5 Å². The number of hydrogen-bond acceptors (Lipinski definition) is 4. The summed E-state index contributed by atoms with van der Waals surface area (Å²) in [6.07, 6.45) is 4.88. The minimum absolute atomic E-state index is 0.199. The first-order chi connectivity index (χ1) is 12.6. The predicted molar refractivity (Wildman–Crippen MR) is 103 cm³/mol. The fraction of sp³-hybridized carbons (Fsp3) is 0.182. The van der Waals surface area contributed by atoms with Gasteiger partial charge in [0.2, 0.25) is 0 Å². The van der Waals surface area contributed by atoms with Gasteiger partial charge in [-0.3, -0.25) is 4.98 Å². The SMILES string of the molecule is Cc1cccc(C)c1OCCOC(=O)/C=C/c1cccc2cccnc12. The molecule has 1 heterocycles. The van der Waals surface area contributed by atoms with Gasteiger partial charge in [-0.1, -0.05) is 42.5 Å². The number of carbonyl (C=O) groups is 1. The van der Waals surface area contributed by atoms with Crippen LogP contribution in [0.4, 0.5) is 0 Å². The molecule has 3 rings (SSSR count). The van der Waals surface area contributed by atoms with Crippen LogP contribution in [0.3, 0.4) is 0 Å². The lowest BCUT2D eigenvalue weighted by Crippen LogP contribution is -2.11. The first-order valence-electron chi connectivity index (χ1n) is 8.53. The highest BCUT2D eigenvalue weighted by atomic mass is 16.6. The van der Waals surface area contributed by atoms with Crippen molar-refractivity contribution in [2.45, 2.75) is 13.8 Å². The molecule has 0 amide bonds. The first kappa shape index (κ1) is 17.7. The van der Waals surface area contributed by atoms with E-state index in [9.17, 15) is 4.79 Å². The van der Waals surface area contributed by atoms with E-state index in [0.717, 1.165) is 33.3 Å². The molecule has 0 aliphatic heterocycles. The van der Waals surface area contributed by atoms with E-state index < -0.39 is 5.97 Å². The van der Waals surface area contributed by atoms with Gasteiger partial charge in [0.25, 0.3) is 0 Å².